The molecule has 1 aromatic heterocycles. The molecule has 10 heteroatoms. The van der Waals surface area contributed by atoms with Crippen molar-refractivity contribution in [3.05, 3.63) is 58.9 Å². The van der Waals surface area contributed by atoms with Crippen LogP contribution in [0.4, 0.5) is 5.69 Å². The van der Waals surface area contributed by atoms with E-state index in [4.69, 9.17) is 17.3 Å². The molecular weight excluding hydrogens is 384 g/mol. The van der Waals surface area contributed by atoms with Crippen molar-refractivity contribution < 1.29 is 14.4 Å². The number of anilines is 1. The van der Waals surface area contributed by atoms with E-state index in [2.05, 4.69) is 25.9 Å². The lowest BCUT2D eigenvalue weighted by atomic mass is 9.84. The van der Waals surface area contributed by atoms with E-state index in [1.165, 1.54) is 13.2 Å². The Balaban J connectivity index is 1.88. The minimum absolute atomic E-state index is 0.0143. The van der Waals surface area contributed by atoms with Crippen LogP contribution < -0.4 is 21.7 Å². The first-order valence-electron chi connectivity index (χ1n) is 8.24. The molecule has 1 aliphatic heterocycles. The van der Waals surface area contributed by atoms with Crippen LogP contribution in [0.1, 0.15) is 16.1 Å². The summed E-state index contributed by atoms with van der Waals surface area (Å²) < 4.78 is 0. The molecule has 1 aromatic carbocycles. The second-order valence-electron chi connectivity index (χ2n) is 5.90. The van der Waals surface area contributed by atoms with Crippen LogP contribution in [0.25, 0.3) is 0 Å². The van der Waals surface area contributed by atoms with Crippen LogP contribution in [0.15, 0.2) is 47.6 Å². The number of rotatable bonds is 5. The summed E-state index contributed by atoms with van der Waals surface area (Å²) in [6.07, 6.45) is 1.46. The molecule has 0 spiro atoms. The van der Waals surface area contributed by atoms with Crippen LogP contribution in [-0.4, -0.2) is 42.1 Å². The van der Waals surface area contributed by atoms with E-state index in [1.54, 1.807) is 36.4 Å². The number of amides is 3. The molecular formula is C18H17ClN6O3. The zero-order valence-electron chi connectivity index (χ0n) is 14.8. The third-order valence-corrected chi connectivity index (χ3v) is 4.60. The van der Waals surface area contributed by atoms with Crippen molar-refractivity contribution in [3.63, 3.8) is 0 Å². The molecule has 1 atom stereocenters. The number of aliphatic imine (C=N–C) groups is 1. The van der Waals surface area contributed by atoms with Gasteiger partial charge in [0.15, 0.2) is 5.54 Å². The van der Waals surface area contributed by atoms with Crippen molar-refractivity contribution in [2.75, 3.05) is 19.0 Å². The average molecular weight is 401 g/mol. The van der Waals surface area contributed by atoms with Crippen LogP contribution >= 0.6 is 11.6 Å². The van der Waals surface area contributed by atoms with Crippen LogP contribution in [0.3, 0.4) is 0 Å². The van der Waals surface area contributed by atoms with E-state index in [0.29, 0.717) is 11.3 Å². The molecule has 3 amide bonds. The number of nitrogens with zero attached hydrogens (tertiary/aromatic N) is 2. The molecule has 0 aliphatic carbocycles. The number of nitrogens with one attached hydrogen (secondary N) is 3. The predicted molar refractivity (Wildman–Crippen MR) is 104 cm³/mol. The minimum atomic E-state index is -1.55. The maximum atomic E-state index is 12.3. The summed E-state index contributed by atoms with van der Waals surface area (Å²) >= 11 is 5.98. The van der Waals surface area contributed by atoms with Crippen LogP contribution in [0, 0.1) is 0 Å². The number of pyridine rings is 1. The van der Waals surface area contributed by atoms with E-state index < -0.39 is 23.3 Å². The highest BCUT2D eigenvalue weighted by atomic mass is 35.5. The van der Waals surface area contributed by atoms with Gasteiger partial charge in [-0.3, -0.25) is 24.7 Å². The molecule has 0 bridgehead atoms. The highest BCUT2D eigenvalue weighted by molar-refractivity contribution is 6.47. The molecule has 1 aliphatic rings. The van der Waals surface area contributed by atoms with Gasteiger partial charge in [0.2, 0.25) is 5.91 Å². The van der Waals surface area contributed by atoms with Crippen LogP contribution in [0.2, 0.25) is 5.02 Å². The predicted octanol–water partition coefficient (Wildman–Crippen LogP) is 0.416. The van der Waals surface area contributed by atoms with Gasteiger partial charge in [-0.15, -0.1) is 0 Å². The van der Waals surface area contributed by atoms with Crippen molar-refractivity contribution in [2.45, 2.75) is 5.54 Å². The number of nitrogens with two attached hydrogens (primary N) is 1. The Hall–Kier alpha value is -3.30. The average Bonchev–Trinajstić information content (AvgIpc) is 3.14. The first kappa shape index (κ1) is 19.5. The van der Waals surface area contributed by atoms with Crippen molar-refractivity contribution in [3.8, 4) is 0 Å². The van der Waals surface area contributed by atoms with Gasteiger partial charge in [0.05, 0.1) is 11.7 Å². The van der Waals surface area contributed by atoms with Crippen molar-refractivity contribution in [1.29, 1.82) is 0 Å². The largest absolute Gasteiger partial charge is 0.367 e. The first-order chi connectivity index (χ1) is 13.4. The van der Waals surface area contributed by atoms with Gasteiger partial charge < -0.3 is 16.4 Å². The number of hydrogen-bond donors (Lipinski definition) is 4. The molecule has 2 heterocycles. The van der Waals surface area contributed by atoms with Crippen molar-refractivity contribution in [2.24, 2.45) is 10.7 Å². The molecule has 144 valence electrons. The number of primary amides is 1. The molecule has 3 rings (SSSR count). The Morgan fingerprint density at radius 1 is 1.18 bits per heavy atom. The highest BCUT2D eigenvalue weighted by Crippen LogP contribution is 2.28. The molecule has 0 fully saturated rings. The number of aromatic nitrogens is 1. The quantitative estimate of drug-likeness (QED) is 0.576. The monoisotopic (exact) mass is 400 g/mol. The Morgan fingerprint density at radius 3 is 2.50 bits per heavy atom. The SMILES string of the molecule is CNC(=O)C1=NCNC1(C(N)=O)c1ccc(NC(=O)c2ncccc2Cl)cc1. The normalized spacial score (nSPS) is 18.3. The first-order valence-corrected chi connectivity index (χ1v) is 8.62. The number of hydrogen-bond acceptors (Lipinski definition) is 6. The van der Waals surface area contributed by atoms with E-state index >= 15 is 0 Å². The Labute approximate surface area is 165 Å². The smallest absolute Gasteiger partial charge is 0.275 e. The summed E-state index contributed by atoms with van der Waals surface area (Å²) in [5.41, 5.74) is 5.01. The third kappa shape index (κ3) is 3.32. The highest BCUT2D eigenvalue weighted by Gasteiger charge is 2.49. The van der Waals surface area contributed by atoms with Crippen LogP contribution in [0.5, 0.6) is 0 Å². The van der Waals surface area contributed by atoms with Crippen molar-refractivity contribution >= 4 is 40.7 Å². The fourth-order valence-corrected chi connectivity index (χ4v) is 3.14. The molecule has 28 heavy (non-hydrogen) atoms. The lowest BCUT2D eigenvalue weighted by Crippen LogP contribution is -2.58. The maximum absolute atomic E-state index is 12.3. The number of carbonyl (C=O) groups is 3. The lowest BCUT2D eigenvalue weighted by molar-refractivity contribution is -0.123. The van der Waals surface area contributed by atoms with Gasteiger partial charge in [-0.2, -0.15) is 0 Å². The standard InChI is InChI=1S/C18H17ClN6O3/c1-21-16(27)14-18(17(20)28,24-9-23-14)10-4-6-11(7-5-10)25-15(26)13-12(19)3-2-8-22-13/h2-8,24H,9H2,1H3,(H2,20,28)(H,21,27)(H,25,26). The molecule has 0 saturated carbocycles. The van der Waals surface area contributed by atoms with Gasteiger partial charge in [0.1, 0.15) is 11.4 Å². The molecule has 9 nitrogen and oxygen atoms in total. The summed E-state index contributed by atoms with van der Waals surface area (Å²) in [6.45, 7) is 0.0718. The van der Waals surface area contributed by atoms with E-state index in [1.807, 2.05) is 0 Å². The molecule has 0 radical (unpaired) electrons. The maximum Gasteiger partial charge on any atom is 0.275 e. The number of carbonyl (C=O) groups excluding carboxylic acids is 3. The van der Waals surface area contributed by atoms with Gasteiger partial charge in [-0.1, -0.05) is 23.7 Å². The lowest BCUT2D eigenvalue weighted by Gasteiger charge is -2.27. The van der Waals surface area contributed by atoms with Gasteiger partial charge in [-0.25, -0.2) is 4.98 Å². The van der Waals surface area contributed by atoms with Gasteiger partial charge in [-0.05, 0) is 29.8 Å². The second-order valence-corrected chi connectivity index (χ2v) is 6.31. The fraction of sp³-hybridized carbons (Fsp3) is 0.167. The van der Waals surface area contributed by atoms with Gasteiger partial charge >= 0.3 is 0 Å². The van der Waals surface area contributed by atoms with Gasteiger partial charge in [0.25, 0.3) is 11.8 Å². The molecule has 5 N–H and O–H groups in total. The molecule has 1 unspecified atom stereocenters. The van der Waals surface area contributed by atoms with E-state index in [9.17, 15) is 14.4 Å². The third-order valence-electron chi connectivity index (χ3n) is 4.30. The molecule has 0 saturated heterocycles. The second kappa shape index (κ2) is 7.75. The number of halogens is 1. The van der Waals surface area contributed by atoms with Gasteiger partial charge in [0, 0.05) is 18.9 Å². The topological polar surface area (TPSA) is 139 Å². The summed E-state index contributed by atoms with van der Waals surface area (Å²) in [5.74, 6) is -1.75. The summed E-state index contributed by atoms with van der Waals surface area (Å²) in [4.78, 5) is 44.7. The summed E-state index contributed by atoms with van der Waals surface area (Å²) in [7, 11) is 1.44. The molecule has 2 aromatic rings. The fourth-order valence-electron chi connectivity index (χ4n) is 2.93. The summed E-state index contributed by atoms with van der Waals surface area (Å²) in [5, 5.41) is 8.24. The van der Waals surface area contributed by atoms with Crippen molar-refractivity contribution in [1.82, 2.24) is 15.6 Å². The Kier molecular flexibility index (Phi) is 5.39. The van der Waals surface area contributed by atoms with Crippen LogP contribution in [-0.2, 0) is 15.1 Å². The zero-order chi connectivity index (χ0) is 20.3. The van der Waals surface area contributed by atoms with E-state index in [0.717, 1.165) is 0 Å². The van der Waals surface area contributed by atoms with E-state index in [-0.39, 0.29) is 23.1 Å². The Morgan fingerprint density at radius 2 is 1.89 bits per heavy atom. The minimum Gasteiger partial charge on any atom is -0.367 e. The number of benzene rings is 1. The Bertz CT molecular complexity index is 976. The summed E-state index contributed by atoms with van der Waals surface area (Å²) in [6, 6.07) is 9.51. The zero-order valence-corrected chi connectivity index (χ0v) is 15.6.